The van der Waals surface area contributed by atoms with Gasteiger partial charge in [-0.25, -0.2) is 9.78 Å². The average Bonchev–Trinajstić information content (AvgIpc) is 2.16. The Bertz CT molecular complexity index is 404. The Labute approximate surface area is 94.1 Å². The Kier molecular flexibility index (Phi) is 4.31. The molecule has 0 bridgehead atoms. The number of nitrogens with zero attached hydrogens (tertiary/aromatic N) is 2. The first kappa shape index (κ1) is 13.0. The van der Waals surface area contributed by atoms with Crippen LogP contribution in [0.5, 0.6) is 0 Å². The van der Waals surface area contributed by atoms with Crippen LogP contribution in [0.4, 0.5) is 13.2 Å². The van der Waals surface area contributed by atoms with Crippen molar-refractivity contribution in [3.8, 4) is 0 Å². The fourth-order valence-electron chi connectivity index (χ4n) is 1.02. The van der Waals surface area contributed by atoms with Gasteiger partial charge in [0, 0.05) is 19.3 Å². The second-order valence-electron chi connectivity index (χ2n) is 3.04. The van der Waals surface area contributed by atoms with E-state index in [2.05, 4.69) is 10.3 Å². The molecule has 1 aromatic heterocycles. The zero-order valence-electron chi connectivity index (χ0n) is 8.09. The van der Waals surface area contributed by atoms with Gasteiger partial charge in [-0.2, -0.15) is 13.2 Å². The van der Waals surface area contributed by atoms with E-state index in [1.165, 1.54) is 12.4 Å². The minimum Gasteiger partial charge on any atom is -0.307 e. The van der Waals surface area contributed by atoms with Gasteiger partial charge in [0.2, 0.25) is 0 Å². The summed E-state index contributed by atoms with van der Waals surface area (Å²) >= 11 is 5.58. The lowest BCUT2D eigenvalue weighted by Crippen LogP contribution is -2.33. The molecule has 0 saturated carbocycles. The van der Waals surface area contributed by atoms with Gasteiger partial charge < -0.3 is 5.32 Å². The van der Waals surface area contributed by atoms with Crippen molar-refractivity contribution in [3.63, 3.8) is 0 Å². The highest BCUT2D eigenvalue weighted by Crippen LogP contribution is 2.11. The lowest BCUT2D eigenvalue weighted by Gasteiger charge is -2.09. The van der Waals surface area contributed by atoms with Gasteiger partial charge in [0.1, 0.15) is 0 Å². The van der Waals surface area contributed by atoms with Crippen molar-refractivity contribution in [3.05, 3.63) is 27.9 Å². The second kappa shape index (κ2) is 5.31. The third-order valence-electron chi connectivity index (χ3n) is 1.68. The van der Waals surface area contributed by atoms with Crippen molar-refractivity contribution >= 4 is 11.6 Å². The highest BCUT2D eigenvalue weighted by atomic mass is 35.5. The van der Waals surface area contributed by atoms with Gasteiger partial charge in [0.25, 0.3) is 0 Å². The first-order chi connectivity index (χ1) is 7.38. The predicted octanol–water partition coefficient (Wildman–Crippen LogP) is 1.05. The summed E-state index contributed by atoms with van der Waals surface area (Å²) < 4.78 is 36.4. The van der Waals surface area contributed by atoms with Gasteiger partial charge in [0.15, 0.2) is 0 Å². The molecule has 0 aromatic carbocycles. The lowest BCUT2D eigenvalue weighted by atomic mass is 10.5. The van der Waals surface area contributed by atoms with Crippen molar-refractivity contribution in [2.24, 2.45) is 0 Å². The molecular weight excluding hydrogens is 247 g/mol. The number of halogens is 4. The number of hydrogen-bond donors (Lipinski definition) is 1. The molecule has 1 aromatic rings. The fourth-order valence-corrected chi connectivity index (χ4v) is 1.18. The van der Waals surface area contributed by atoms with Crippen molar-refractivity contribution in [1.29, 1.82) is 0 Å². The second-order valence-corrected chi connectivity index (χ2v) is 3.48. The Hall–Kier alpha value is -1.08. The third-order valence-corrected chi connectivity index (χ3v) is 1.87. The normalized spacial score (nSPS) is 11.8. The molecule has 1 rings (SSSR count). The van der Waals surface area contributed by atoms with Crippen molar-refractivity contribution in [2.45, 2.75) is 12.7 Å². The van der Waals surface area contributed by atoms with Gasteiger partial charge in [0.05, 0.1) is 17.8 Å². The number of nitrogens with one attached hydrogen (secondary N) is 1. The molecule has 0 fully saturated rings. The van der Waals surface area contributed by atoms with Crippen LogP contribution in [0.3, 0.4) is 0 Å². The van der Waals surface area contributed by atoms with E-state index in [1.54, 1.807) is 0 Å². The minimum absolute atomic E-state index is 0.0153. The molecule has 0 unspecified atom stereocenters. The molecule has 16 heavy (non-hydrogen) atoms. The molecule has 0 aliphatic heterocycles. The largest absolute Gasteiger partial charge is 0.401 e. The summed E-state index contributed by atoms with van der Waals surface area (Å²) in [6.45, 7) is -0.986. The Morgan fingerprint density at radius 3 is 2.81 bits per heavy atom. The molecule has 1 heterocycles. The number of aromatic nitrogens is 2. The first-order valence-corrected chi connectivity index (χ1v) is 4.76. The van der Waals surface area contributed by atoms with Gasteiger partial charge in [-0.15, -0.1) is 0 Å². The zero-order valence-corrected chi connectivity index (χ0v) is 8.85. The van der Waals surface area contributed by atoms with Crippen LogP contribution in [0, 0.1) is 0 Å². The monoisotopic (exact) mass is 255 g/mol. The molecule has 4 nitrogen and oxygen atoms in total. The number of rotatable bonds is 4. The first-order valence-electron chi connectivity index (χ1n) is 4.38. The molecule has 90 valence electrons. The molecule has 0 aliphatic rings. The van der Waals surface area contributed by atoms with Crippen LogP contribution < -0.4 is 11.0 Å². The van der Waals surface area contributed by atoms with Crippen LogP contribution in [0.25, 0.3) is 0 Å². The number of alkyl halides is 3. The van der Waals surface area contributed by atoms with Crippen LogP contribution in [0.1, 0.15) is 0 Å². The van der Waals surface area contributed by atoms with E-state index in [1.807, 2.05) is 0 Å². The average molecular weight is 256 g/mol. The molecule has 0 aliphatic carbocycles. The predicted molar refractivity (Wildman–Crippen MR) is 52.4 cm³/mol. The van der Waals surface area contributed by atoms with Crippen molar-refractivity contribution in [2.75, 3.05) is 13.1 Å². The van der Waals surface area contributed by atoms with Crippen LogP contribution in [-0.4, -0.2) is 28.8 Å². The molecule has 0 amide bonds. The van der Waals surface area contributed by atoms with Crippen molar-refractivity contribution < 1.29 is 13.2 Å². The van der Waals surface area contributed by atoms with Crippen LogP contribution in [-0.2, 0) is 6.54 Å². The van der Waals surface area contributed by atoms with Gasteiger partial charge in [-0.05, 0) is 0 Å². The van der Waals surface area contributed by atoms with E-state index < -0.39 is 18.4 Å². The van der Waals surface area contributed by atoms with Gasteiger partial charge in [-0.3, -0.25) is 4.57 Å². The summed E-state index contributed by atoms with van der Waals surface area (Å²) in [7, 11) is 0. The van der Waals surface area contributed by atoms with Crippen molar-refractivity contribution in [1.82, 2.24) is 14.9 Å². The molecule has 0 spiro atoms. The van der Waals surface area contributed by atoms with E-state index >= 15 is 0 Å². The van der Waals surface area contributed by atoms with E-state index in [0.29, 0.717) is 0 Å². The lowest BCUT2D eigenvalue weighted by molar-refractivity contribution is -0.124. The Balaban J connectivity index is 2.43. The maximum Gasteiger partial charge on any atom is 0.401 e. The SMILES string of the molecule is O=c1ncc(Cl)cn1CCNCC(F)(F)F. The maximum atomic E-state index is 11.8. The summed E-state index contributed by atoms with van der Waals surface area (Å²) in [6.07, 6.45) is -1.74. The van der Waals surface area contributed by atoms with Crippen LogP contribution in [0.15, 0.2) is 17.2 Å². The maximum absolute atomic E-state index is 11.8. The Morgan fingerprint density at radius 1 is 1.50 bits per heavy atom. The van der Waals surface area contributed by atoms with Gasteiger partial charge >= 0.3 is 11.9 Å². The minimum atomic E-state index is -4.25. The summed E-state index contributed by atoms with van der Waals surface area (Å²) in [6, 6.07) is 0. The molecular formula is C8H9ClF3N3O. The molecule has 0 atom stereocenters. The Morgan fingerprint density at radius 2 is 2.19 bits per heavy atom. The summed E-state index contributed by atoms with van der Waals surface area (Å²) in [5.41, 5.74) is -0.543. The molecule has 8 heteroatoms. The molecule has 0 saturated heterocycles. The van der Waals surface area contributed by atoms with Crippen LogP contribution in [0.2, 0.25) is 5.02 Å². The van der Waals surface area contributed by atoms with E-state index in [4.69, 9.17) is 11.6 Å². The number of hydrogen-bond acceptors (Lipinski definition) is 3. The smallest absolute Gasteiger partial charge is 0.307 e. The topological polar surface area (TPSA) is 46.9 Å². The molecule has 0 radical (unpaired) electrons. The summed E-state index contributed by atoms with van der Waals surface area (Å²) in [5, 5.41) is 2.42. The van der Waals surface area contributed by atoms with E-state index in [0.717, 1.165) is 4.57 Å². The fraction of sp³-hybridized carbons (Fsp3) is 0.500. The highest BCUT2D eigenvalue weighted by Gasteiger charge is 2.25. The van der Waals surface area contributed by atoms with Crippen LogP contribution >= 0.6 is 11.6 Å². The third kappa shape index (κ3) is 4.63. The van der Waals surface area contributed by atoms with E-state index in [9.17, 15) is 18.0 Å². The van der Waals surface area contributed by atoms with Gasteiger partial charge in [-0.1, -0.05) is 11.6 Å². The highest BCUT2D eigenvalue weighted by molar-refractivity contribution is 6.30. The standard InChI is InChI=1S/C8H9ClF3N3O/c9-6-3-14-7(16)15(4-6)2-1-13-5-8(10,11)12/h3-4,13H,1-2,5H2. The molecule has 1 N–H and O–H groups in total. The van der Waals surface area contributed by atoms with E-state index in [-0.39, 0.29) is 18.1 Å². The zero-order chi connectivity index (χ0) is 12.2. The quantitative estimate of drug-likeness (QED) is 0.818. The summed E-state index contributed by atoms with van der Waals surface area (Å²) in [5.74, 6) is 0. The summed E-state index contributed by atoms with van der Waals surface area (Å²) in [4.78, 5) is 14.5.